The van der Waals surface area contributed by atoms with Gasteiger partial charge in [0.25, 0.3) is 0 Å². The Labute approximate surface area is 126 Å². The lowest BCUT2D eigenvalue weighted by Gasteiger charge is -2.02. The zero-order valence-electron chi connectivity index (χ0n) is 13.7. The van der Waals surface area contributed by atoms with E-state index in [2.05, 4.69) is 19.1 Å². The van der Waals surface area contributed by atoms with Crippen LogP contribution in [0.15, 0.2) is 12.2 Å². The summed E-state index contributed by atoms with van der Waals surface area (Å²) in [6.45, 7) is 4.61. The fraction of sp³-hybridized carbons (Fsp3) is 0.833. The molecule has 0 amide bonds. The predicted octanol–water partition coefficient (Wildman–Crippen LogP) is 5.81. The molecule has 0 bridgehead atoms. The van der Waals surface area contributed by atoms with Crippen molar-refractivity contribution < 1.29 is 9.53 Å². The first-order valence-electron chi connectivity index (χ1n) is 8.61. The number of carbonyl (C=O) groups excluding carboxylic acids is 1. The third-order valence-corrected chi connectivity index (χ3v) is 3.45. The normalized spacial score (nSPS) is 11.1. The Morgan fingerprint density at radius 3 is 1.95 bits per heavy atom. The van der Waals surface area contributed by atoms with Crippen molar-refractivity contribution in [2.24, 2.45) is 0 Å². The second kappa shape index (κ2) is 16.3. The molecular formula is C18H34O2. The van der Waals surface area contributed by atoms with Crippen molar-refractivity contribution in [3.63, 3.8) is 0 Å². The van der Waals surface area contributed by atoms with Crippen molar-refractivity contribution in [1.29, 1.82) is 0 Å². The Balaban J connectivity index is 3.11. The second-order valence-corrected chi connectivity index (χ2v) is 5.43. The van der Waals surface area contributed by atoms with Crippen LogP contribution in [-0.4, -0.2) is 12.6 Å². The van der Waals surface area contributed by atoms with Crippen LogP contribution in [0.4, 0.5) is 0 Å². The Morgan fingerprint density at radius 1 is 0.800 bits per heavy atom. The maximum absolute atomic E-state index is 11.1. The number of hydrogen-bond donors (Lipinski definition) is 0. The minimum absolute atomic E-state index is 0.0410. The van der Waals surface area contributed by atoms with Gasteiger partial charge < -0.3 is 4.74 Å². The summed E-state index contributed by atoms with van der Waals surface area (Å²) in [5.41, 5.74) is 0. The SMILES string of the molecule is CCCCCC=CCCCCCCCCC(=O)OCC. The number of ether oxygens (including phenoxy) is 1. The molecular weight excluding hydrogens is 248 g/mol. The van der Waals surface area contributed by atoms with Crippen LogP contribution < -0.4 is 0 Å². The van der Waals surface area contributed by atoms with Crippen LogP contribution in [0.5, 0.6) is 0 Å². The zero-order chi connectivity index (χ0) is 14.9. The van der Waals surface area contributed by atoms with E-state index in [9.17, 15) is 4.79 Å². The summed E-state index contributed by atoms with van der Waals surface area (Å²) < 4.78 is 4.90. The van der Waals surface area contributed by atoms with Crippen LogP contribution in [0.25, 0.3) is 0 Å². The molecule has 2 nitrogen and oxygen atoms in total. The summed E-state index contributed by atoms with van der Waals surface area (Å²) in [6.07, 6.45) is 19.1. The van der Waals surface area contributed by atoms with Gasteiger partial charge in [0.1, 0.15) is 0 Å². The van der Waals surface area contributed by atoms with Gasteiger partial charge in [-0.1, -0.05) is 57.6 Å². The average molecular weight is 282 g/mol. The van der Waals surface area contributed by atoms with Gasteiger partial charge in [-0.15, -0.1) is 0 Å². The summed E-state index contributed by atoms with van der Waals surface area (Å²) in [4.78, 5) is 11.1. The molecule has 2 heteroatoms. The van der Waals surface area contributed by atoms with Crippen molar-refractivity contribution in [2.45, 2.75) is 90.9 Å². The van der Waals surface area contributed by atoms with Gasteiger partial charge in [-0.3, -0.25) is 4.79 Å². The maximum Gasteiger partial charge on any atom is 0.305 e. The molecule has 0 saturated heterocycles. The highest BCUT2D eigenvalue weighted by Gasteiger charge is 2.00. The molecule has 0 aromatic rings. The van der Waals surface area contributed by atoms with Crippen molar-refractivity contribution >= 4 is 5.97 Å². The highest BCUT2D eigenvalue weighted by atomic mass is 16.5. The van der Waals surface area contributed by atoms with E-state index in [1.807, 2.05) is 6.92 Å². The van der Waals surface area contributed by atoms with Crippen molar-refractivity contribution in [2.75, 3.05) is 6.61 Å². The van der Waals surface area contributed by atoms with E-state index in [-0.39, 0.29) is 5.97 Å². The van der Waals surface area contributed by atoms with Crippen molar-refractivity contribution in [3.05, 3.63) is 12.2 Å². The first-order chi connectivity index (χ1) is 9.81. The summed E-state index contributed by atoms with van der Waals surface area (Å²) >= 11 is 0. The Morgan fingerprint density at radius 2 is 1.35 bits per heavy atom. The molecule has 0 aliphatic carbocycles. The maximum atomic E-state index is 11.1. The lowest BCUT2D eigenvalue weighted by atomic mass is 10.1. The predicted molar refractivity (Wildman–Crippen MR) is 86.9 cm³/mol. The summed E-state index contributed by atoms with van der Waals surface area (Å²) in [6, 6.07) is 0. The first kappa shape index (κ1) is 19.2. The monoisotopic (exact) mass is 282 g/mol. The Bertz CT molecular complexity index is 234. The van der Waals surface area contributed by atoms with Crippen LogP contribution >= 0.6 is 0 Å². The second-order valence-electron chi connectivity index (χ2n) is 5.43. The minimum atomic E-state index is -0.0410. The van der Waals surface area contributed by atoms with Gasteiger partial charge in [-0.2, -0.15) is 0 Å². The lowest BCUT2D eigenvalue weighted by molar-refractivity contribution is -0.143. The molecule has 0 aliphatic rings. The number of carbonyl (C=O) groups is 1. The fourth-order valence-electron chi connectivity index (χ4n) is 2.22. The van der Waals surface area contributed by atoms with Gasteiger partial charge in [-0.25, -0.2) is 0 Å². The first-order valence-corrected chi connectivity index (χ1v) is 8.61. The molecule has 0 aliphatic heterocycles. The minimum Gasteiger partial charge on any atom is -0.466 e. The Kier molecular flexibility index (Phi) is 15.6. The topological polar surface area (TPSA) is 26.3 Å². The standard InChI is InChI=1S/C18H34O2/c1-3-5-6-7-8-9-10-11-12-13-14-15-16-17-18(19)20-4-2/h8-9H,3-7,10-17H2,1-2H3. The molecule has 0 atom stereocenters. The molecule has 0 aromatic heterocycles. The number of esters is 1. The molecule has 0 spiro atoms. The van der Waals surface area contributed by atoms with E-state index in [4.69, 9.17) is 4.74 Å². The molecule has 0 N–H and O–H groups in total. The number of rotatable bonds is 14. The highest BCUT2D eigenvalue weighted by Crippen LogP contribution is 2.09. The van der Waals surface area contributed by atoms with Gasteiger partial charge in [0, 0.05) is 6.42 Å². The van der Waals surface area contributed by atoms with Crippen LogP contribution in [0.1, 0.15) is 90.9 Å². The van der Waals surface area contributed by atoms with Gasteiger partial charge in [-0.05, 0) is 39.0 Å². The van der Waals surface area contributed by atoms with Crippen molar-refractivity contribution in [1.82, 2.24) is 0 Å². The van der Waals surface area contributed by atoms with E-state index in [0.717, 1.165) is 12.8 Å². The van der Waals surface area contributed by atoms with Gasteiger partial charge in [0.2, 0.25) is 0 Å². The third kappa shape index (κ3) is 15.3. The van der Waals surface area contributed by atoms with Crippen molar-refractivity contribution in [3.8, 4) is 0 Å². The molecule has 0 aromatic carbocycles. The molecule has 0 heterocycles. The molecule has 0 rings (SSSR count). The van der Waals surface area contributed by atoms with E-state index in [1.165, 1.54) is 57.8 Å². The molecule has 118 valence electrons. The van der Waals surface area contributed by atoms with Crippen LogP contribution in [0.3, 0.4) is 0 Å². The van der Waals surface area contributed by atoms with Gasteiger partial charge in [0.15, 0.2) is 0 Å². The van der Waals surface area contributed by atoms with Gasteiger partial charge in [0.05, 0.1) is 6.61 Å². The lowest BCUT2D eigenvalue weighted by Crippen LogP contribution is -2.03. The molecule has 0 radical (unpaired) electrons. The van der Waals surface area contributed by atoms with E-state index in [0.29, 0.717) is 13.0 Å². The van der Waals surface area contributed by atoms with E-state index in [1.54, 1.807) is 0 Å². The van der Waals surface area contributed by atoms with Crippen LogP contribution in [-0.2, 0) is 9.53 Å². The fourth-order valence-corrected chi connectivity index (χ4v) is 2.22. The molecule has 20 heavy (non-hydrogen) atoms. The quantitative estimate of drug-likeness (QED) is 0.228. The smallest absolute Gasteiger partial charge is 0.305 e. The highest BCUT2D eigenvalue weighted by molar-refractivity contribution is 5.69. The molecule has 0 fully saturated rings. The van der Waals surface area contributed by atoms with Gasteiger partial charge >= 0.3 is 5.97 Å². The number of hydrogen-bond acceptors (Lipinski definition) is 2. The Hall–Kier alpha value is -0.790. The largest absolute Gasteiger partial charge is 0.466 e. The summed E-state index contributed by atoms with van der Waals surface area (Å²) in [7, 11) is 0. The average Bonchev–Trinajstić information content (AvgIpc) is 2.44. The molecule has 0 unspecified atom stereocenters. The number of unbranched alkanes of at least 4 members (excludes halogenated alkanes) is 9. The summed E-state index contributed by atoms with van der Waals surface area (Å²) in [5, 5.41) is 0. The van der Waals surface area contributed by atoms with E-state index >= 15 is 0 Å². The van der Waals surface area contributed by atoms with Crippen LogP contribution in [0.2, 0.25) is 0 Å². The van der Waals surface area contributed by atoms with E-state index < -0.39 is 0 Å². The molecule has 0 saturated carbocycles. The zero-order valence-corrected chi connectivity index (χ0v) is 13.7. The van der Waals surface area contributed by atoms with Crippen LogP contribution in [0, 0.1) is 0 Å². The number of allylic oxidation sites excluding steroid dienone is 2. The summed E-state index contributed by atoms with van der Waals surface area (Å²) in [5.74, 6) is -0.0410. The third-order valence-electron chi connectivity index (χ3n) is 3.45.